The lowest BCUT2D eigenvalue weighted by Gasteiger charge is -2.19. The second-order valence-electron chi connectivity index (χ2n) is 3.82. The van der Waals surface area contributed by atoms with E-state index >= 15 is 0 Å². The van der Waals surface area contributed by atoms with Gasteiger partial charge in [-0.25, -0.2) is 4.79 Å². The molecule has 0 saturated heterocycles. The maximum absolute atomic E-state index is 11.5. The van der Waals surface area contributed by atoms with E-state index < -0.39 is 5.97 Å². The maximum Gasteiger partial charge on any atom is 0.337 e. The summed E-state index contributed by atoms with van der Waals surface area (Å²) in [6.07, 6.45) is -0.338. The average Bonchev–Trinajstić information content (AvgIpc) is 2.54. The van der Waals surface area contributed by atoms with Crippen molar-refractivity contribution in [1.29, 1.82) is 0 Å². The van der Waals surface area contributed by atoms with Crippen molar-refractivity contribution in [2.75, 3.05) is 38.5 Å². The van der Waals surface area contributed by atoms with Crippen LogP contribution in [-0.4, -0.2) is 39.6 Å². The topological polar surface area (TPSA) is 82.8 Å². The number of anilines is 2. The lowest BCUT2D eigenvalue weighted by atomic mass is 10.1. The molecule has 0 radical (unpaired) electrons. The first-order valence-electron chi connectivity index (χ1n) is 6.97. The molecule has 1 atom stereocenters. The highest BCUT2D eigenvalue weighted by Gasteiger charge is 2.12. The fourth-order valence-electron chi connectivity index (χ4n) is 1.49. The van der Waals surface area contributed by atoms with E-state index in [-0.39, 0.29) is 6.23 Å². The van der Waals surface area contributed by atoms with Crippen LogP contribution in [0.15, 0.2) is 18.2 Å². The molecule has 0 aliphatic heterocycles. The number of methoxy groups -OCH3 is 2. The van der Waals surface area contributed by atoms with E-state index in [2.05, 4.69) is 10.1 Å². The van der Waals surface area contributed by atoms with Crippen LogP contribution in [0.4, 0.5) is 11.4 Å². The smallest absolute Gasteiger partial charge is 0.337 e. The Morgan fingerprint density at radius 1 is 1.33 bits per heavy atom. The van der Waals surface area contributed by atoms with Gasteiger partial charge in [0.2, 0.25) is 0 Å². The van der Waals surface area contributed by atoms with Crippen LogP contribution in [0.2, 0.25) is 0 Å². The molecule has 1 rings (SSSR count). The van der Waals surface area contributed by atoms with Gasteiger partial charge in [-0.05, 0) is 25.1 Å². The highest BCUT2D eigenvalue weighted by Crippen LogP contribution is 2.21. The van der Waals surface area contributed by atoms with E-state index in [4.69, 9.17) is 15.2 Å². The average molecular weight is 298 g/mol. The fourth-order valence-corrected chi connectivity index (χ4v) is 1.49. The fraction of sp³-hybridized carbons (Fsp3) is 0.533. The van der Waals surface area contributed by atoms with Gasteiger partial charge in [0.25, 0.3) is 0 Å². The Morgan fingerprint density at radius 3 is 2.52 bits per heavy atom. The molecule has 6 heteroatoms. The van der Waals surface area contributed by atoms with Gasteiger partial charge in [-0.15, -0.1) is 0 Å². The van der Waals surface area contributed by atoms with Crippen molar-refractivity contribution in [3.05, 3.63) is 23.8 Å². The molecule has 3 N–H and O–H groups in total. The number of nitrogens with two attached hydrogens (primary N) is 1. The van der Waals surface area contributed by atoms with Gasteiger partial charge in [0.15, 0.2) is 6.23 Å². The van der Waals surface area contributed by atoms with Gasteiger partial charge in [0, 0.05) is 13.7 Å². The summed E-state index contributed by atoms with van der Waals surface area (Å²) in [6, 6.07) is 4.87. The van der Waals surface area contributed by atoms with Crippen LogP contribution in [0.5, 0.6) is 0 Å². The van der Waals surface area contributed by atoms with Crippen molar-refractivity contribution in [3.63, 3.8) is 0 Å². The molecule has 0 bridgehead atoms. The molecule has 0 aliphatic rings. The third kappa shape index (κ3) is 6.46. The van der Waals surface area contributed by atoms with Crippen molar-refractivity contribution < 1.29 is 19.0 Å². The molecule has 0 saturated carbocycles. The van der Waals surface area contributed by atoms with E-state index in [0.29, 0.717) is 30.2 Å². The van der Waals surface area contributed by atoms with E-state index in [1.807, 2.05) is 20.8 Å². The number of carbonyl (C=O) groups is 1. The number of esters is 1. The predicted octanol–water partition coefficient (Wildman–Crippen LogP) is 2.50. The maximum atomic E-state index is 11.5. The number of ether oxygens (including phenoxy) is 3. The van der Waals surface area contributed by atoms with E-state index in [1.54, 1.807) is 25.3 Å². The third-order valence-corrected chi connectivity index (χ3v) is 2.55. The molecule has 0 amide bonds. The minimum atomic E-state index is -0.415. The molecule has 120 valence electrons. The highest BCUT2D eigenvalue weighted by atomic mass is 16.5. The van der Waals surface area contributed by atoms with Gasteiger partial charge in [-0.3, -0.25) is 0 Å². The van der Waals surface area contributed by atoms with Crippen molar-refractivity contribution in [2.45, 2.75) is 27.0 Å². The van der Waals surface area contributed by atoms with Crippen molar-refractivity contribution in [1.82, 2.24) is 0 Å². The summed E-state index contributed by atoms with van der Waals surface area (Å²) >= 11 is 0. The van der Waals surface area contributed by atoms with Gasteiger partial charge in [0.1, 0.15) is 0 Å². The van der Waals surface area contributed by atoms with Crippen molar-refractivity contribution in [2.24, 2.45) is 0 Å². The minimum absolute atomic E-state index is 0.338. The Labute approximate surface area is 126 Å². The molecule has 1 aromatic carbocycles. The molecule has 0 aliphatic carbocycles. The Bertz CT molecular complexity index is 424. The zero-order valence-corrected chi connectivity index (χ0v) is 13.4. The second kappa shape index (κ2) is 10.9. The Hall–Kier alpha value is -1.79. The molecule has 1 aromatic rings. The normalized spacial score (nSPS) is 11.1. The van der Waals surface area contributed by atoms with Crippen LogP contribution in [0.25, 0.3) is 0 Å². The van der Waals surface area contributed by atoms with Crippen molar-refractivity contribution >= 4 is 17.3 Å². The summed E-state index contributed by atoms with van der Waals surface area (Å²) in [7, 11) is 2.90. The lowest BCUT2D eigenvalue weighted by Crippen LogP contribution is -2.28. The number of benzene rings is 1. The molecular formula is C15H26N2O4. The van der Waals surface area contributed by atoms with E-state index in [1.165, 1.54) is 7.11 Å². The molecule has 0 fully saturated rings. The number of carbonyl (C=O) groups excluding carboxylic acids is 1. The van der Waals surface area contributed by atoms with Crippen LogP contribution in [0.3, 0.4) is 0 Å². The summed E-state index contributed by atoms with van der Waals surface area (Å²) in [6.45, 7) is 6.88. The molecule has 0 spiro atoms. The Kier molecular flexibility index (Phi) is 10.0. The second-order valence-corrected chi connectivity index (χ2v) is 3.82. The van der Waals surface area contributed by atoms with Gasteiger partial charge in [0.05, 0.1) is 30.7 Å². The molecule has 0 heterocycles. The predicted molar refractivity (Wildman–Crippen MR) is 84.5 cm³/mol. The summed E-state index contributed by atoms with van der Waals surface area (Å²) < 4.78 is 15.2. The molecule has 6 nitrogen and oxygen atoms in total. The minimum Gasteiger partial charge on any atom is -0.465 e. The van der Waals surface area contributed by atoms with Crippen LogP contribution in [0, 0.1) is 0 Å². The number of rotatable bonds is 7. The summed E-state index contributed by atoms with van der Waals surface area (Å²) in [4.78, 5) is 11.5. The highest BCUT2D eigenvalue weighted by molar-refractivity contribution is 5.91. The monoisotopic (exact) mass is 298 g/mol. The SMILES string of the molecule is CC.CCOCC(Nc1cc(C(=O)OC)ccc1N)OC. The Morgan fingerprint density at radius 2 is 2.00 bits per heavy atom. The van der Waals surface area contributed by atoms with Gasteiger partial charge in [-0.1, -0.05) is 13.8 Å². The lowest BCUT2D eigenvalue weighted by molar-refractivity contribution is 0.0282. The summed E-state index contributed by atoms with van der Waals surface area (Å²) in [5.41, 5.74) is 7.40. The zero-order chi connectivity index (χ0) is 16.3. The van der Waals surface area contributed by atoms with Crippen molar-refractivity contribution in [3.8, 4) is 0 Å². The quantitative estimate of drug-likeness (QED) is 0.457. The zero-order valence-electron chi connectivity index (χ0n) is 13.4. The van der Waals surface area contributed by atoms with Crippen LogP contribution >= 0.6 is 0 Å². The van der Waals surface area contributed by atoms with Gasteiger partial charge >= 0.3 is 5.97 Å². The molecular weight excluding hydrogens is 272 g/mol. The first-order valence-corrected chi connectivity index (χ1v) is 6.97. The molecule has 21 heavy (non-hydrogen) atoms. The summed E-state index contributed by atoms with van der Waals surface area (Å²) in [5.74, 6) is -0.415. The molecule has 1 unspecified atom stereocenters. The van der Waals surface area contributed by atoms with E-state index in [9.17, 15) is 4.79 Å². The van der Waals surface area contributed by atoms with Crippen LogP contribution in [-0.2, 0) is 14.2 Å². The van der Waals surface area contributed by atoms with Crippen LogP contribution < -0.4 is 11.1 Å². The van der Waals surface area contributed by atoms with E-state index in [0.717, 1.165) is 0 Å². The van der Waals surface area contributed by atoms with Gasteiger partial charge in [-0.2, -0.15) is 0 Å². The molecule has 0 aromatic heterocycles. The number of hydrogen-bond donors (Lipinski definition) is 2. The number of nitrogens with one attached hydrogen (secondary N) is 1. The summed E-state index contributed by atoms with van der Waals surface area (Å²) in [5, 5.41) is 3.07. The first kappa shape index (κ1) is 19.2. The standard InChI is InChI=1S/C13H20N2O4.C2H6/c1-4-19-8-12(17-2)15-11-7-9(13(16)18-3)5-6-10(11)14;1-2/h5-7,12,15H,4,8,14H2,1-3H3;1-2H3. The largest absolute Gasteiger partial charge is 0.465 e. The van der Waals surface area contributed by atoms with Gasteiger partial charge < -0.3 is 25.3 Å². The Balaban J connectivity index is 0.00000191. The first-order chi connectivity index (χ1) is 10.1. The van der Waals surface area contributed by atoms with Crippen LogP contribution in [0.1, 0.15) is 31.1 Å². The number of nitrogen functional groups attached to an aromatic ring is 1. The third-order valence-electron chi connectivity index (χ3n) is 2.55. The number of hydrogen-bond acceptors (Lipinski definition) is 6.